The van der Waals surface area contributed by atoms with Crippen LogP contribution in [0.4, 0.5) is 0 Å². The molecule has 124 valence electrons. The summed E-state index contributed by atoms with van der Waals surface area (Å²) in [6.07, 6.45) is 5.73. The number of fused-ring (bicyclic) bond motifs is 1. The van der Waals surface area contributed by atoms with Gasteiger partial charge >= 0.3 is 0 Å². The fraction of sp³-hybridized carbons (Fsp3) is 0.389. The molecule has 2 aromatic rings. The number of benzene rings is 1. The van der Waals surface area contributed by atoms with Gasteiger partial charge in [-0.2, -0.15) is 5.10 Å². The molecule has 0 radical (unpaired) electrons. The quantitative estimate of drug-likeness (QED) is 0.864. The summed E-state index contributed by atoms with van der Waals surface area (Å²) in [6.45, 7) is 1.41. The van der Waals surface area contributed by atoms with Gasteiger partial charge in [0.15, 0.2) is 0 Å². The Morgan fingerprint density at radius 3 is 2.92 bits per heavy atom. The highest BCUT2D eigenvalue weighted by Gasteiger charge is 2.34. The lowest BCUT2D eigenvalue weighted by molar-refractivity contribution is -0.132. The predicted molar refractivity (Wildman–Crippen MR) is 88.1 cm³/mol. The Bertz CT molecular complexity index is 798. The summed E-state index contributed by atoms with van der Waals surface area (Å²) in [6, 6.07) is 7.64. The maximum absolute atomic E-state index is 12.8. The van der Waals surface area contributed by atoms with Crippen molar-refractivity contribution < 1.29 is 9.59 Å². The van der Waals surface area contributed by atoms with Gasteiger partial charge in [0.2, 0.25) is 5.91 Å². The second kappa shape index (κ2) is 5.78. The molecule has 1 aromatic carbocycles. The summed E-state index contributed by atoms with van der Waals surface area (Å²) in [7, 11) is 1.88. The van der Waals surface area contributed by atoms with Gasteiger partial charge in [-0.15, -0.1) is 0 Å². The molecule has 6 nitrogen and oxygen atoms in total. The van der Waals surface area contributed by atoms with E-state index in [2.05, 4.69) is 5.10 Å². The van der Waals surface area contributed by atoms with E-state index in [1.165, 1.54) is 0 Å². The number of amides is 2. The minimum Gasteiger partial charge on any atom is -0.334 e. The van der Waals surface area contributed by atoms with Gasteiger partial charge in [0, 0.05) is 37.5 Å². The summed E-state index contributed by atoms with van der Waals surface area (Å²) in [5.74, 6) is -0.0291. The molecule has 1 atom stereocenters. The van der Waals surface area contributed by atoms with E-state index in [4.69, 9.17) is 0 Å². The number of nitrogens with zero attached hydrogens (tertiary/aromatic N) is 4. The maximum atomic E-state index is 12.8. The average molecular weight is 324 g/mol. The number of aryl methyl sites for hydroxylation is 1. The molecule has 2 aliphatic heterocycles. The molecule has 4 rings (SSSR count). The molecule has 2 amide bonds. The standard InChI is InChI=1S/C18H20N4O2/c1-20-10-14(9-19-20)16-7-4-8-22(16)17(23)12-21-11-13-5-2-3-6-15(13)18(21)24/h2-3,5-6,9-10,16H,4,7-8,11-12H2,1H3. The molecule has 0 saturated carbocycles. The van der Waals surface area contributed by atoms with Gasteiger partial charge in [0.05, 0.1) is 12.2 Å². The first-order chi connectivity index (χ1) is 11.6. The number of rotatable bonds is 3. The largest absolute Gasteiger partial charge is 0.334 e. The molecule has 1 fully saturated rings. The summed E-state index contributed by atoms with van der Waals surface area (Å²) in [5, 5.41) is 4.21. The van der Waals surface area contributed by atoms with Crippen LogP contribution in [0.25, 0.3) is 0 Å². The van der Waals surface area contributed by atoms with Gasteiger partial charge < -0.3 is 9.80 Å². The van der Waals surface area contributed by atoms with Crippen molar-refractivity contribution in [3.05, 3.63) is 53.3 Å². The van der Waals surface area contributed by atoms with E-state index in [0.29, 0.717) is 6.54 Å². The van der Waals surface area contributed by atoms with Crippen LogP contribution in [0, 0.1) is 0 Å². The van der Waals surface area contributed by atoms with Gasteiger partial charge in [-0.3, -0.25) is 14.3 Å². The highest BCUT2D eigenvalue weighted by atomic mass is 16.2. The smallest absolute Gasteiger partial charge is 0.254 e. The summed E-state index contributed by atoms with van der Waals surface area (Å²) in [5.41, 5.74) is 2.79. The Morgan fingerprint density at radius 2 is 2.17 bits per heavy atom. The van der Waals surface area contributed by atoms with E-state index >= 15 is 0 Å². The van der Waals surface area contributed by atoms with E-state index in [-0.39, 0.29) is 24.4 Å². The lowest BCUT2D eigenvalue weighted by atomic mass is 10.1. The van der Waals surface area contributed by atoms with Crippen LogP contribution in [0.3, 0.4) is 0 Å². The molecule has 6 heteroatoms. The van der Waals surface area contributed by atoms with Crippen molar-refractivity contribution in [1.29, 1.82) is 0 Å². The normalized spacial score (nSPS) is 19.9. The number of carbonyl (C=O) groups is 2. The van der Waals surface area contributed by atoms with Crippen molar-refractivity contribution in [2.24, 2.45) is 7.05 Å². The van der Waals surface area contributed by atoms with E-state index in [1.807, 2.05) is 48.6 Å². The molecule has 1 aromatic heterocycles. The van der Waals surface area contributed by atoms with Gasteiger partial charge in [-0.05, 0) is 24.5 Å². The second-order valence-corrected chi connectivity index (χ2v) is 6.51. The average Bonchev–Trinajstić information content (AvgIpc) is 3.28. The Kier molecular flexibility index (Phi) is 3.59. The molecule has 24 heavy (non-hydrogen) atoms. The zero-order chi connectivity index (χ0) is 16.7. The first kappa shape index (κ1) is 14.9. The highest BCUT2D eigenvalue weighted by Crippen LogP contribution is 2.32. The van der Waals surface area contributed by atoms with Gasteiger partial charge in [-0.1, -0.05) is 18.2 Å². The van der Waals surface area contributed by atoms with Crippen LogP contribution in [0.1, 0.15) is 40.4 Å². The number of hydrogen-bond acceptors (Lipinski definition) is 3. The van der Waals surface area contributed by atoms with Crippen molar-refractivity contribution in [3.63, 3.8) is 0 Å². The zero-order valence-corrected chi connectivity index (χ0v) is 13.7. The first-order valence-electron chi connectivity index (χ1n) is 8.28. The minimum atomic E-state index is -0.0453. The zero-order valence-electron chi connectivity index (χ0n) is 13.7. The molecule has 0 aliphatic carbocycles. The van der Waals surface area contributed by atoms with Crippen LogP contribution in [-0.4, -0.2) is 44.5 Å². The third-order valence-electron chi connectivity index (χ3n) is 4.91. The third-order valence-corrected chi connectivity index (χ3v) is 4.91. The Hall–Kier alpha value is -2.63. The number of hydrogen-bond donors (Lipinski definition) is 0. The van der Waals surface area contributed by atoms with Crippen LogP contribution in [0.2, 0.25) is 0 Å². The lowest BCUT2D eigenvalue weighted by Crippen LogP contribution is -2.40. The molecular weight excluding hydrogens is 304 g/mol. The first-order valence-corrected chi connectivity index (χ1v) is 8.28. The van der Waals surface area contributed by atoms with Crippen molar-refractivity contribution in [2.45, 2.75) is 25.4 Å². The fourth-order valence-electron chi connectivity index (χ4n) is 3.72. The van der Waals surface area contributed by atoms with Crippen LogP contribution in [0.5, 0.6) is 0 Å². The third kappa shape index (κ3) is 2.48. The highest BCUT2D eigenvalue weighted by molar-refractivity contribution is 6.00. The topological polar surface area (TPSA) is 58.4 Å². The molecule has 1 unspecified atom stereocenters. The van der Waals surface area contributed by atoms with E-state index in [9.17, 15) is 9.59 Å². The molecule has 1 saturated heterocycles. The maximum Gasteiger partial charge on any atom is 0.254 e. The van der Waals surface area contributed by atoms with Gasteiger partial charge in [0.25, 0.3) is 5.91 Å². The van der Waals surface area contributed by atoms with E-state index < -0.39 is 0 Å². The molecule has 0 bridgehead atoms. The summed E-state index contributed by atoms with van der Waals surface area (Å²) < 4.78 is 1.76. The van der Waals surface area contributed by atoms with E-state index in [1.54, 1.807) is 9.58 Å². The Morgan fingerprint density at radius 1 is 1.33 bits per heavy atom. The predicted octanol–water partition coefficient (Wildman–Crippen LogP) is 1.74. The van der Waals surface area contributed by atoms with Crippen LogP contribution in [-0.2, 0) is 18.4 Å². The van der Waals surface area contributed by atoms with Crippen molar-refractivity contribution >= 4 is 11.8 Å². The van der Waals surface area contributed by atoms with Crippen molar-refractivity contribution in [3.8, 4) is 0 Å². The number of carbonyl (C=O) groups excluding carboxylic acids is 2. The lowest BCUT2D eigenvalue weighted by Gasteiger charge is -2.26. The SMILES string of the molecule is Cn1cc(C2CCCN2C(=O)CN2Cc3ccccc3C2=O)cn1. The molecule has 0 N–H and O–H groups in total. The number of likely N-dealkylation sites (tertiary alicyclic amines) is 1. The van der Waals surface area contributed by atoms with Crippen LogP contribution < -0.4 is 0 Å². The van der Waals surface area contributed by atoms with E-state index in [0.717, 1.165) is 36.1 Å². The van der Waals surface area contributed by atoms with Crippen LogP contribution >= 0.6 is 0 Å². The van der Waals surface area contributed by atoms with Crippen LogP contribution in [0.15, 0.2) is 36.7 Å². The summed E-state index contributed by atoms with van der Waals surface area (Å²) >= 11 is 0. The Labute approximate surface area is 140 Å². The summed E-state index contributed by atoms with van der Waals surface area (Å²) in [4.78, 5) is 28.8. The molecular formula is C18H20N4O2. The Balaban J connectivity index is 1.48. The van der Waals surface area contributed by atoms with Gasteiger partial charge in [-0.25, -0.2) is 0 Å². The van der Waals surface area contributed by atoms with Gasteiger partial charge in [0.1, 0.15) is 6.54 Å². The monoisotopic (exact) mass is 324 g/mol. The molecule has 0 spiro atoms. The van der Waals surface area contributed by atoms with Crippen molar-refractivity contribution in [2.75, 3.05) is 13.1 Å². The van der Waals surface area contributed by atoms with Crippen molar-refractivity contribution in [1.82, 2.24) is 19.6 Å². The minimum absolute atomic E-state index is 0.0162. The fourth-order valence-corrected chi connectivity index (χ4v) is 3.72. The molecule has 3 heterocycles. The molecule has 2 aliphatic rings. The second-order valence-electron chi connectivity index (χ2n) is 6.51. The number of aromatic nitrogens is 2.